The third-order valence-electron chi connectivity index (χ3n) is 5.21. The van der Waals surface area contributed by atoms with E-state index >= 15 is 0 Å². The second kappa shape index (κ2) is 11.1. The zero-order valence-corrected chi connectivity index (χ0v) is 17.3. The third kappa shape index (κ3) is 6.70. The summed E-state index contributed by atoms with van der Waals surface area (Å²) in [6, 6.07) is 11.5. The largest absolute Gasteiger partial charge is 0.497 e. The van der Waals surface area contributed by atoms with Crippen LogP contribution in [0.25, 0.3) is 6.08 Å². The van der Waals surface area contributed by atoms with E-state index in [1.807, 2.05) is 53.7 Å². The molecule has 2 aromatic rings. The molecule has 1 aliphatic rings. The zero-order valence-electron chi connectivity index (χ0n) is 17.3. The van der Waals surface area contributed by atoms with Gasteiger partial charge in [-0.15, -0.1) is 0 Å². The monoisotopic (exact) mass is 409 g/mol. The molecule has 2 heterocycles. The summed E-state index contributed by atoms with van der Waals surface area (Å²) >= 11 is 0. The van der Waals surface area contributed by atoms with Gasteiger partial charge in [-0.2, -0.15) is 0 Å². The molecular weight excluding hydrogens is 380 g/mol. The lowest BCUT2D eigenvalue weighted by Gasteiger charge is -2.32. The van der Waals surface area contributed by atoms with Crippen LogP contribution < -0.4 is 15.0 Å². The van der Waals surface area contributed by atoms with Crippen LogP contribution in [0.2, 0.25) is 0 Å². The summed E-state index contributed by atoms with van der Waals surface area (Å²) in [7, 11) is 1.61. The molecule has 158 valence electrons. The lowest BCUT2D eigenvalue weighted by Crippen LogP contribution is -3.13. The molecule has 7 heteroatoms. The van der Waals surface area contributed by atoms with Gasteiger partial charge in [-0.3, -0.25) is 14.6 Å². The van der Waals surface area contributed by atoms with Crippen molar-refractivity contribution in [2.45, 2.75) is 13.0 Å². The smallest absolute Gasteiger partial charge is 0.244 e. The van der Waals surface area contributed by atoms with Crippen molar-refractivity contribution in [1.29, 1.82) is 0 Å². The fraction of sp³-hybridized carbons (Fsp3) is 0.348. The maximum atomic E-state index is 12.4. The Morgan fingerprint density at radius 2 is 1.83 bits per heavy atom. The van der Waals surface area contributed by atoms with E-state index in [4.69, 9.17) is 4.74 Å². The van der Waals surface area contributed by atoms with Crippen molar-refractivity contribution >= 4 is 17.9 Å². The van der Waals surface area contributed by atoms with Gasteiger partial charge in [0.05, 0.1) is 33.3 Å². The molecule has 0 saturated carbocycles. The molecule has 7 nitrogen and oxygen atoms in total. The Kier molecular flexibility index (Phi) is 7.97. The highest BCUT2D eigenvalue weighted by atomic mass is 16.5. The molecule has 1 saturated heterocycles. The Balaban J connectivity index is 1.33. The van der Waals surface area contributed by atoms with E-state index in [-0.39, 0.29) is 11.8 Å². The van der Waals surface area contributed by atoms with Crippen molar-refractivity contribution in [3.8, 4) is 5.75 Å². The predicted molar refractivity (Wildman–Crippen MR) is 115 cm³/mol. The molecule has 1 aromatic heterocycles. The SMILES string of the molecule is COc1ccc(/C=C/C(=O)NCCC(=O)N2CC[NH+](Cc3ccncc3)CC2)cc1. The third-order valence-corrected chi connectivity index (χ3v) is 5.21. The van der Waals surface area contributed by atoms with Crippen molar-refractivity contribution < 1.29 is 19.2 Å². The topological polar surface area (TPSA) is 76.0 Å². The molecule has 0 atom stereocenters. The van der Waals surface area contributed by atoms with E-state index in [0.29, 0.717) is 13.0 Å². The molecule has 1 aliphatic heterocycles. The van der Waals surface area contributed by atoms with Crippen LogP contribution in [0.3, 0.4) is 0 Å². The van der Waals surface area contributed by atoms with Crippen molar-refractivity contribution in [1.82, 2.24) is 15.2 Å². The average molecular weight is 410 g/mol. The highest BCUT2D eigenvalue weighted by Gasteiger charge is 2.23. The Morgan fingerprint density at radius 1 is 1.13 bits per heavy atom. The van der Waals surface area contributed by atoms with Crippen molar-refractivity contribution in [2.75, 3.05) is 39.8 Å². The number of hydrogen-bond acceptors (Lipinski definition) is 4. The van der Waals surface area contributed by atoms with E-state index in [1.54, 1.807) is 13.2 Å². The fourth-order valence-electron chi connectivity index (χ4n) is 3.44. The Morgan fingerprint density at radius 3 is 2.50 bits per heavy atom. The first-order valence-corrected chi connectivity index (χ1v) is 10.2. The number of quaternary nitrogens is 1. The van der Waals surface area contributed by atoms with Crippen LogP contribution in [0.5, 0.6) is 5.75 Å². The summed E-state index contributed by atoms with van der Waals surface area (Å²) in [6.45, 7) is 4.68. The second-order valence-electron chi connectivity index (χ2n) is 7.31. The first-order valence-electron chi connectivity index (χ1n) is 10.2. The van der Waals surface area contributed by atoms with Gasteiger partial charge >= 0.3 is 0 Å². The van der Waals surface area contributed by atoms with E-state index < -0.39 is 0 Å². The number of carbonyl (C=O) groups is 2. The molecule has 2 N–H and O–H groups in total. The number of nitrogens with zero attached hydrogens (tertiary/aromatic N) is 2. The average Bonchev–Trinajstić information content (AvgIpc) is 2.79. The standard InChI is InChI=1S/C23H28N4O3/c1-30-21-5-2-19(3-6-21)4-7-22(28)25-13-10-23(29)27-16-14-26(15-17-27)18-20-8-11-24-12-9-20/h2-9,11-12H,10,13-18H2,1H3,(H,25,28)/p+1/b7-4+. The van der Waals surface area contributed by atoms with Gasteiger partial charge in [0, 0.05) is 37.0 Å². The number of carbonyl (C=O) groups excluding carboxylic acids is 2. The van der Waals surface area contributed by atoms with E-state index in [2.05, 4.69) is 10.3 Å². The highest BCUT2D eigenvalue weighted by Crippen LogP contribution is 2.12. The maximum absolute atomic E-state index is 12.4. The number of piperazine rings is 1. The molecule has 1 fully saturated rings. The van der Waals surface area contributed by atoms with Crippen LogP contribution in [-0.2, 0) is 16.1 Å². The molecular formula is C23H29N4O3+. The number of hydrogen-bond donors (Lipinski definition) is 2. The Hall–Kier alpha value is -3.19. The van der Waals surface area contributed by atoms with E-state index in [9.17, 15) is 9.59 Å². The van der Waals surface area contributed by atoms with Crippen LogP contribution in [-0.4, -0.2) is 61.5 Å². The summed E-state index contributed by atoms with van der Waals surface area (Å²) < 4.78 is 5.11. The molecule has 3 rings (SSSR count). The minimum Gasteiger partial charge on any atom is -0.497 e. The number of nitrogens with one attached hydrogen (secondary N) is 2. The highest BCUT2D eigenvalue weighted by molar-refractivity contribution is 5.92. The van der Waals surface area contributed by atoms with E-state index in [0.717, 1.165) is 44.0 Å². The number of pyridine rings is 1. The van der Waals surface area contributed by atoms with Gasteiger partial charge in [0.2, 0.25) is 11.8 Å². The summed E-state index contributed by atoms with van der Waals surface area (Å²) in [5.41, 5.74) is 2.18. The molecule has 0 aliphatic carbocycles. The van der Waals surface area contributed by atoms with Crippen LogP contribution in [0.15, 0.2) is 54.9 Å². The second-order valence-corrected chi connectivity index (χ2v) is 7.31. The normalized spacial score (nSPS) is 14.6. The fourth-order valence-corrected chi connectivity index (χ4v) is 3.44. The van der Waals surface area contributed by atoms with Gasteiger partial charge in [-0.25, -0.2) is 0 Å². The lowest BCUT2D eigenvalue weighted by atomic mass is 10.2. The van der Waals surface area contributed by atoms with Crippen LogP contribution >= 0.6 is 0 Å². The Bertz CT molecular complexity index is 845. The van der Waals surface area contributed by atoms with Crippen molar-refractivity contribution in [3.05, 3.63) is 66.0 Å². The Labute approximate surface area is 177 Å². The van der Waals surface area contributed by atoms with Crippen LogP contribution in [0, 0.1) is 0 Å². The maximum Gasteiger partial charge on any atom is 0.244 e. The number of rotatable bonds is 8. The van der Waals surface area contributed by atoms with Gasteiger partial charge < -0.3 is 19.9 Å². The van der Waals surface area contributed by atoms with Crippen LogP contribution in [0.1, 0.15) is 17.5 Å². The van der Waals surface area contributed by atoms with Crippen molar-refractivity contribution in [3.63, 3.8) is 0 Å². The minimum absolute atomic E-state index is 0.0948. The molecule has 0 bridgehead atoms. The first-order chi connectivity index (χ1) is 14.6. The van der Waals surface area contributed by atoms with Crippen molar-refractivity contribution in [2.24, 2.45) is 0 Å². The quantitative estimate of drug-likeness (QED) is 0.624. The number of benzene rings is 1. The first kappa shape index (κ1) is 21.5. The summed E-state index contributed by atoms with van der Waals surface area (Å²) in [5.74, 6) is 0.664. The van der Waals surface area contributed by atoms with Gasteiger partial charge in [0.25, 0.3) is 0 Å². The molecule has 1 aromatic carbocycles. The molecule has 0 radical (unpaired) electrons. The zero-order chi connectivity index (χ0) is 21.2. The summed E-state index contributed by atoms with van der Waals surface area (Å²) in [5, 5.41) is 2.78. The lowest BCUT2D eigenvalue weighted by molar-refractivity contribution is -0.917. The number of ether oxygens (including phenoxy) is 1. The number of aromatic nitrogens is 1. The summed E-state index contributed by atoms with van der Waals surface area (Å²) in [6.07, 6.45) is 7.17. The number of methoxy groups -OCH3 is 1. The summed E-state index contributed by atoms with van der Waals surface area (Å²) in [4.78, 5) is 31.8. The molecule has 2 amide bonds. The molecule has 30 heavy (non-hydrogen) atoms. The molecule has 0 unspecified atom stereocenters. The minimum atomic E-state index is -0.203. The van der Waals surface area contributed by atoms with Gasteiger partial charge in [-0.05, 0) is 35.9 Å². The van der Waals surface area contributed by atoms with Gasteiger partial charge in [-0.1, -0.05) is 12.1 Å². The number of amides is 2. The van der Waals surface area contributed by atoms with Crippen LogP contribution in [0.4, 0.5) is 0 Å². The predicted octanol–water partition coefficient (Wildman–Crippen LogP) is 0.537. The van der Waals surface area contributed by atoms with E-state index in [1.165, 1.54) is 16.5 Å². The molecule has 0 spiro atoms. The van der Waals surface area contributed by atoms with Gasteiger partial charge in [0.15, 0.2) is 0 Å². The van der Waals surface area contributed by atoms with Gasteiger partial charge in [0.1, 0.15) is 12.3 Å².